The van der Waals surface area contributed by atoms with E-state index in [1.165, 1.54) is 0 Å². The molecule has 0 bridgehead atoms. The maximum atomic E-state index is 11.7. The van der Waals surface area contributed by atoms with Crippen LogP contribution in [0.3, 0.4) is 0 Å². The average molecular weight is 356 g/mol. The Labute approximate surface area is 146 Å². The molecule has 140 valence electrons. The SMILES string of the molecule is COCCOCCOC(=O)NCC(=O)N[C@H](C#N)C[C@@H]1CCNC1=O. The van der Waals surface area contributed by atoms with Gasteiger partial charge in [-0.05, 0) is 12.8 Å². The van der Waals surface area contributed by atoms with Crippen molar-refractivity contribution in [2.75, 3.05) is 46.6 Å². The number of nitriles is 1. The molecule has 0 aliphatic carbocycles. The highest BCUT2D eigenvalue weighted by Crippen LogP contribution is 2.15. The van der Waals surface area contributed by atoms with Crippen molar-refractivity contribution in [3.63, 3.8) is 0 Å². The van der Waals surface area contributed by atoms with E-state index in [0.29, 0.717) is 26.2 Å². The lowest BCUT2D eigenvalue weighted by atomic mass is 9.99. The monoisotopic (exact) mass is 356 g/mol. The van der Waals surface area contributed by atoms with Crippen LogP contribution in [0.5, 0.6) is 0 Å². The molecule has 0 aromatic heterocycles. The summed E-state index contributed by atoms with van der Waals surface area (Å²) in [5.41, 5.74) is 0. The summed E-state index contributed by atoms with van der Waals surface area (Å²) in [4.78, 5) is 34.6. The van der Waals surface area contributed by atoms with Gasteiger partial charge in [-0.3, -0.25) is 9.59 Å². The van der Waals surface area contributed by atoms with Crippen molar-refractivity contribution in [3.8, 4) is 6.07 Å². The van der Waals surface area contributed by atoms with E-state index >= 15 is 0 Å². The Bertz CT molecular complexity index is 493. The molecule has 1 saturated heterocycles. The quantitative estimate of drug-likeness (QED) is 0.400. The third-order valence-corrected chi connectivity index (χ3v) is 3.46. The van der Waals surface area contributed by atoms with Gasteiger partial charge in [0.1, 0.15) is 19.2 Å². The molecular weight excluding hydrogens is 332 g/mol. The van der Waals surface area contributed by atoms with E-state index < -0.39 is 18.0 Å². The molecule has 25 heavy (non-hydrogen) atoms. The van der Waals surface area contributed by atoms with Gasteiger partial charge in [0, 0.05) is 19.6 Å². The summed E-state index contributed by atoms with van der Waals surface area (Å²) in [5.74, 6) is -0.914. The van der Waals surface area contributed by atoms with Gasteiger partial charge in [0.05, 0.1) is 25.9 Å². The average Bonchev–Trinajstić information content (AvgIpc) is 3.00. The van der Waals surface area contributed by atoms with Gasteiger partial charge in [-0.25, -0.2) is 4.79 Å². The fourth-order valence-corrected chi connectivity index (χ4v) is 2.18. The number of alkyl carbamates (subject to hydrolysis) is 1. The number of methoxy groups -OCH3 is 1. The maximum Gasteiger partial charge on any atom is 0.407 e. The molecule has 3 amide bonds. The van der Waals surface area contributed by atoms with E-state index in [2.05, 4.69) is 16.0 Å². The number of ether oxygens (including phenoxy) is 3. The van der Waals surface area contributed by atoms with Crippen molar-refractivity contribution in [1.29, 1.82) is 5.26 Å². The van der Waals surface area contributed by atoms with Crippen LogP contribution < -0.4 is 16.0 Å². The molecule has 3 N–H and O–H groups in total. The number of nitrogens with zero attached hydrogens (tertiary/aromatic N) is 1. The third kappa shape index (κ3) is 8.88. The second-order valence-corrected chi connectivity index (χ2v) is 5.36. The Kier molecular flexibility index (Phi) is 9.96. The van der Waals surface area contributed by atoms with Crippen molar-refractivity contribution in [2.24, 2.45) is 5.92 Å². The van der Waals surface area contributed by atoms with E-state index in [9.17, 15) is 14.4 Å². The standard InChI is InChI=1S/C15H24N4O6/c1-23-4-5-24-6-7-25-15(22)18-10-13(20)19-12(9-16)8-11-2-3-17-14(11)21/h11-12H,2-8,10H2,1H3,(H,17,21)(H,18,22)(H,19,20)/t11-,12-/m0/s1. The first-order chi connectivity index (χ1) is 12.1. The number of hydrogen-bond donors (Lipinski definition) is 3. The maximum absolute atomic E-state index is 11.7. The molecule has 0 aromatic carbocycles. The molecule has 0 aromatic rings. The lowest BCUT2D eigenvalue weighted by Gasteiger charge is -2.14. The molecule has 0 saturated carbocycles. The fourth-order valence-electron chi connectivity index (χ4n) is 2.18. The van der Waals surface area contributed by atoms with Crippen molar-refractivity contribution in [2.45, 2.75) is 18.9 Å². The highest BCUT2D eigenvalue weighted by molar-refractivity contribution is 5.83. The van der Waals surface area contributed by atoms with Crippen LogP contribution in [0.4, 0.5) is 4.79 Å². The van der Waals surface area contributed by atoms with Crippen LogP contribution in [-0.2, 0) is 23.8 Å². The van der Waals surface area contributed by atoms with Gasteiger partial charge < -0.3 is 30.2 Å². The van der Waals surface area contributed by atoms with Gasteiger partial charge in [0.2, 0.25) is 11.8 Å². The summed E-state index contributed by atoms with van der Waals surface area (Å²) in [6.45, 7) is 1.39. The fraction of sp³-hybridized carbons (Fsp3) is 0.733. The molecule has 0 radical (unpaired) electrons. The third-order valence-electron chi connectivity index (χ3n) is 3.46. The van der Waals surface area contributed by atoms with Crippen LogP contribution in [-0.4, -0.2) is 70.6 Å². The number of nitrogens with one attached hydrogen (secondary N) is 3. The van der Waals surface area contributed by atoms with Gasteiger partial charge in [0.15, 0.2) is 0 Å². The summed E-state index contributed by atoms with van der Waals surface area (Å²) in [6, 6.07) is 1.16. The molecule has 10 heteroatoms. The predicted molar refractivity (Wildman–Crippen MR) is 85.3 cm³/mol. The van der Waals surface area contributed by atoms with Gasteiger partial charge in [-0.2, -0.15) is 5.26 Å². The Hall–Kier alpha value is -2.38. The molecule has 0 unspecified atom stereocenters. The largest absolute Gasteiger partial charge is 0.447 e. The summed E-state index contributed by atoms with van der Waals surface area (Å²) in [5, 5.41) is 16.5. The number of rotatable bonds is 11. The Balaban J connectivity index is 2.14. The van der Waals surface area contributed by atoms with Crippen molar-refractivity contribution < 1.29 is 28.6 Å². The number of amides is 3. The Morgan fingerprint density at radius 1 is 1.36 bits per heavy atom. The van der Waals surface area contributed by atoms with E-state index in [1.807, 2.05) is 6.07 Å². The highest BCUT2D eigenvalue weighted by Gasteiger charge is 2.27. The lowest BCUT2D eigenvalue weighted by molar-refractivity contribution is -0.124. The summed E-state index contributed by atoms with van der Waals surface area (Å²) in [6.07, 6.45) is 0.135. The van der Waals surface area contributed by atoms with E-state index in [-0.39, 0.29) is 38.0 Å². The zero-order valence-electron chi connectivity index (χ0n) is 14.2. The van der Waals surface area contributed by atoms with Crippen molar-refractivity contribution in [3.05, 3.63) is 0 Å². The lowest BCUT2D eigenvalue weighted by Crippen LogP contribution is -2.42. The zero-order chi connectivity index (χ0) is 18.5. The predicted octanol–water partition coefficient (Wildman–Crippen LogP) is -1.09. The van der Waals surface area contributed by atoms with Crippen molar-refractivity contribution in [1.82, 2.24) is 16.0 Å². The van der Waals surface area contributed by atoms with Crippen LogP contribution in [0.1, 0.15) is 12.8 Å². The molecule has 1 aliphatic heterocycles. The van der Waals surface area contributed by atoms with Gasteiger partial charge in [-0.1, -0.05) is 0 Å². The second kappa shape index (κ2) is 12.0. The van der Waals surface area contributed by atoms with E-state index in [1.54, 1.807) is 7.11 Å². The molecule has 0 spiro atoms. The topological polar surface area (TPSA) is 139 Å². The van der Waals surface area contributed by atoms with E-state index in [0.717, 1.165) is 0 Å². The van der Waals surface area contributed by atoms with E-state index in [4.69, 9.17) is 19.5 Å². The minimum atomic E-state index is -0.784. The number of carbonyl (C=O) groups excluding carboxylic acids is 3. The molecule has 1 heterocycles. The highest BCUT2D eigenvalue weighted by atomic mass is 16.6. The Morgan fingerprint density at radius 2 is 2.12 bits per heavy atom. The molecule has 1 fully saturated rings. The van der Waals surface area contributed by atoms with Crippen LogP contribution >= 0.6 is 0 Å². The first-order valence-electron chi connectivity index (χ1n) is 8.00. The first-order valence-corrected chi connectivity index (χ1v) is 8.00. The zero-order valence-corrected chi connectivity index (χ0v) is 14.2. The summed E-state index contributed by atoms with van der Waals surface area (Å²) in [7, 11) is 1.55. The molecule has 1 rings (SSSR count). The summed E-state index contributed by atoms with van der Waals surface area (Å²) < 4.78 is 14.7. The molecule has 10 nitrogen and oxygen atoms in total. The molecule has 2 atom stereocenters. The minimum Gasteiger partial charge on any atom is -0.447 e. The normalized spacial score (nSPS) is 17.3. The summed E-state index contributed by atoms with van der Waals surface area (Å²) >= 11 is 0. The second-order valence-electron chi connectivity index (χ2n) is 5.36. The number of hydrogen-bond acceptors (Lipinski definition) is 7. The first kappa shape index (κ1) is 20.7. The van der Waals surface area contributed by atoms with Crippen LogP contribution in [0.25, 0.3) is 0 Å². The molecule has 1 aliphatic rings. The Morgan fingerprint density at radius 3 is 2.76 bits per heavy atom. The molecular formula is C15H24N4O6. The van der Waals surface area contributed by atoms with Gasteiger partial charge in [-0.15, -0.1) is 0 Å². The van der Waals surface area contributed by atoms with Crippen LogP contribution in [0.15, 0.2) is 0 Å². The number of carbonyl (C=O) groups is 3. The minimum absolute atomic E-state index is 0.0504. The van der Waals surface area contributed by atoms with Crippen LogP contribution in [0.2, 0.25) is 0 Å². The van der Waals surface area contributed by atoms with Crippen molar-refractivity contribution >= 4 is 17.9 Å². The smallest absolute Gasteiger partial charge is 0.407 e. The van der Waals surface area contributed by atoms with Crippen LogP contribution in [0, 0.1) is 17.2 Å². The van der Waals surface area contributed by atoms with Gasteiger partial charge in [0.25, 0.3) is 0 Å². The van der Waals surface area contributed by atoms with Gasteiger partial charge >= 0.3 is 6.09 Å².